The van der Waals surface area contributed by atoms with Crippen LogP contribution in [-0.4, -0.2) is 24.8 Å². The number of aliphatic imine (C=N–C) groups is 1. The first-order chi connectivity index (χ1) is 9.08. The van der Waals surface area contributed by atoms with Gasteiger partial charge in [0.1, 0.15) is 18.5 Å². The van der Waals surface area contributed by atoms with Gasteiger partial charge in [0.05, 0.1) is 6.04 Å². The summed E-state index contributed by atoms with van der Waals surface area (Å²) in [5.74, 6) is -1.50. The average Bonchev–Trinajstić information content (AvgIpc) is 2.78. The van der Waals surface area contributed by atoms with Crippen molar-refractivity contribution in [1.82, 2.24) is 0 Å². The molecule has 0 saturated carbocycles. The molecule has 0 fully saturated rings. The Morgan fingerprint density at radius 3 is 2.84 bits per heavy atom. The van der Waals surface area contributed by atoms with Crippen LogP contribution in [0.3, 0.4) is 0 Å². The Bertz CT molecular complexity index is 480. The fraction of sp³-hybridized carbons (Fsp3) is 0.462. The summed E-state index contributed by atoms with van der Waals surface area (Å²) in [5, 5.41) is 0. The standard InChI is InChI=1S/C13H16F2N2O2/c1-2-9(5-8-7-18-13(16)17-8)19-10-3-4-11(14)12(15)6-10/h3-4,6,8-9H,2,5,7H2,1H3,(H2,16,17). The average molecular weight is 270 g/mol. The van der Waals surface area contributed by atoms with E-state index in [-0.39, 0.29) is 18.2 Å². The molecule has 0 aromatic heterocycles. The second kappa shape index (κ2) is 5.86. The Morgan fingerprint density at radius 2 is 2.26 bits per heavy atom. The maximum absolute atomic E-state index is 13.1. The first kappa shape index (κ1) is 13.6. The van der Waals surface area contributed by atoms with E-state index < -0.39 is 11.6 Å². The highest BCUT2D eigenvalue weighted by molar-refractivity contribution is 5.73. The minimum atomic E-state index is -0.918. The lowest BCUT2D eigenvalue weighted by molar-refractivity contribution is 0.167. The molecule has 0 spiro atoms. The van der Waals surface area contributed by atoms with Crippen molar-refractivity contribution in [2.75, 3.05) is 6.61 Å². The van der Waals surface area contributed by atoms with Crippen LogP contribution in [0.4, 0.5) is 8.78 Å². The second-order valence-corrected chi connectivity index (χ2v) is 4.39. The number of halogens is 2. The Morgan fingerprint density at radius 1 is 1.47 bits per heavy atom. The number of hydrogen-bond donors (Lipinski definition) is 1. The summed E-state index contributed by atoms with van der Waals surface area (Å²) in [6.07, 6.45) is 1.20. The van der Waals surface area contributed by atoms with Crippen LogP contribution >= 0.6 is 0 Å². The molecule has 1 aromatic rings. The monoisotopic (exact) mass is 270 g/mol. The molecule has 1 aliphatic rings. The Kier molecular flexibility index (Phi) is 4.19. The van der Waals surface area contributed by atoms with E-state index in [0.29, 0.717) is 18.8 Å². The lowest BCUT2D eigenvalue weighted by Gasteiger charge is -2.19. The van der Waals surface area contributed by atoms with Gasteiger partial charge in [-0.2, -0.15) is 0 Å². The van der Waals surface area contributed by atoms with Gasteiger partial charge in [-0.1, -0.05) is 6.92 Å². The summed E-state index contributed by atoms with van der Waals surface area (Å²) in [4.78, 5) is 4.11. The summed E-state index contributed by atoms with van der Waals surface area (Å²) in [5.41, 5.74) is 5.43. The normalized spacial score (nSPS) is 19.7. The van der Waals surface area contributed by atoms with Crippen LogP contribution in [0.2, 0.25) is 0 Å². The predicted molar refractivity (Wildman–Crippen MR) is 67.0 cm³/mol. The zero-order valence-corrected chi connectivity index (χ0v) is 10.6. The van der Waals surface area contributed by atoms with Gasteiger partial charge in [-0.25, -0.2) is 13.8 Å². The molecular weight excluding hydrogens is 254 g/mol. The molecule has 1 aliphatic heterocycles. The minimum Gasteiger partial charge on any atom is -0.490 e. The Hall–Kier alpha value is -1.85. The number of ether oxygens (including phenoxy) is 2. The zero-order valence-electron chi connectivity index (χ0n) is 10.6. The molecule has 2 rings (SSSR count). The SMILES string of the molecule is CCC(CC1COC(N)=N1)Oc1ccc(F)c(F)c1. The topological polar surface area (TPSA) is 56.8 Å². The third-order valence-corrected chi connectivity index (χ3v) is 2.92. The van der Waals surface area contributed by atoms with Crippen molar-refractivity contribution in [1.29, 1.82) is 0 Å². The van der Waals surface area contributed by atoms with Crippen LogP contribution in [0.1, 0.15) is 19.8 Å². The molecule has 0 saturated heterocycles. The number of benzene rings is 1. The number of nitrogens with zero attached hydrogens (tertiary/aromatic N) is 1. The lowest BCUT2D eigenvalue weighted by Crippen LogP contribution is -2.22. The largest absolute Gasteiger partial charge is 0.490 e. The van der Waals surface area contributed by atoms with Crippen LogP contribution in [0.25, 0.3) is 0 Å². The number of hydrogen-bond acceptors (Lipinski definition) is 4. The maximum atomic E-state index is 13.1. The van der Waals surface area contributed by atoms with E-state index in [1.54, 1.807) is 0 Å². The van der Waals surface area contributed by atoms with E-state index in [0.717, 1.165) is 18.6 Å². The highest BCUT2D eigenvalue weighted by Crippen LogP contribution is 2.20. The third kappa shape index (κ3) is 3.56. The molecule has 2 unspecified atom stereocenters. The Labute approximate surface area is 110 Å². The third-order valence-electron chi connectivity index (χ3n) is 2.92. The molecule has 2 N–H and O–H groups in total. The smallest absolute Gasteiger partial charge is 0.282 e. The molecule has 0 bridgehead atoms. The molecule has 0 aliphatic carbocycles. The molecule has 1 heterocycles. The number of rotatable bonds is 5. The summed E-state index contributed by atoms with van der Waals surface area (Å²) < 4.78 is 36.6. The summed E-state index contributed by atoms with van der Waals surface area (Å²) in [6, 6.07) is 3.64. The number of nitrogens with two attached hydrogens (primary N) is 1. The quantitative estimate of drug-likeness (QED) is 0.892. The summed E-state index contributed by atoms with van der Waals surface area (Å²) >= 11 is 0. The van der Waals surface area contributed by atoms with E-state index in [9.17, 15) is 8.78 Å². The van der Waals surface area contributed by atoms with Gasteiger partial charge in [-0.05, 0) is 18.6 Å². The summed E-state index contributed by atoms with van der Waals surface area (Å²) in [6.45, 7) is 2.39. The van der Waals surface area contributed by atoms with Gasteiger partial charge in [0.15, 0.2) is 11.6 Å². The maximum Gasteiger partial charge on any atom is 0.282 e. The molecule has 1 aromatic carbocycles. The van der Waals surface area contributed by atoms with Crippen LogP contribution in [0.15, 0.2) is 23.2 Å². The van der Waals surface area contributed by atoms with Gasteiger partial charge in [0, 0.05) is 12.5 Å². The molecular formula is C13H16F2N2O2. The van der Waals surface area contributed by atoms with Crippen molar-refractivity contribution in [3.8, 4) is 5.75 Å². The summed E-state index contributed by atoms with van der Waals surface area (Å²) in [7, 11) is 0. The van der Waals surface area contributed by atoms with Gasteiger partial charge >= 0.3 is 0 Å². The van der Waals surface area contributed by atoms with E-state index >= 15 is 0 Å². The molecule has 104 valence electrons. The van der Waals surface area contributed by atoms with Crippen molar-refractivity contribution in [2.24, 2.45) is 10.7 Å². The van der Waals surface area contributed by atoms with Gasteiger partial charge in [0.25, 0.3) is 6.02 Å². The van der Waals surface area contributed by atoms with E-state index in [2.05, 4.69) is 4.99 Å². The first-order valence-corrected chi connectivity index (χ1v) is 6.16. The lowest BCUT2D eigenvalue weighted by atomic mass is 10.1. The predicted octanol–water partition coefficient (Wildman–Crippen LogP) is 2.23. The van der Waals surface area contributed by atoms with Crippen molar-refractivity contribution in [2.45, 2.75) is 31.9 Å². The van der Waals surface area contributed by atoms with E-state index in [1.165, 1.54) is 6.07 Å². The van der Waals surface area contributed by atoms with Gasteiger partial charge in [-0.3, -0.25) is 0 Å². The fourth-order valence-electron chi connectivity index (χ4n) is 1.90. The zero-order chi connectivity index (χ0) is 13.8. The first-order valence-electron chi connectivity index (χ1n) is 6.16. The van der Waals surface area contributed by atoms with Crippen LogP contribution in [-0.2, 0) is 4.74 Å². The number of amidine groups is 1. The van der Waals surface area contributed by atoms with Crippen LogP contribution in [0, 0.1) is 11.6 Å². The van der Waals surface area contributed by atoms with Crippen molar-refractivity contribution in [3.05, 3.63) is 29.8 Å². The second-order valence-electron chi connectivity index (χ2n) is 4.39. The van der Waals surface area contributed by atoms with Crippen LogP contribution < -0.4 is 10.5 Å². The minimum absolute atomic E-state index is 0.0461. The van der Waals surface area contributed by atoms with Gasteiger partial charge < -0.3 is 15.2 Å². The van der Waals surface area contributed by atoms with Crippen molar-refractivity contribution >= 4 is 6.02 Å². The van der Waals surface area contributed by atoms with Crippen molar-refractivity contribution in [3.63, 3.8) is 0 Å². The molecule has 0 radical (unpaired) electrons. The van der Waals surface area contributed by atoms with E-state index in [1.807, 2.05) is 6.92 Å². The van der Waals surface area contributed by atoms with Crippen molar-refractivity contribution < 1.29 is 18.3 Å². The molecule has 2 atom stereocenters. The molecule has 6 heteroatoms. The van der Waals surface area contributed by atoms with Crippen LogP contribution in [0.5, 0.6) is 5.75 Å². The van der Waals surface area contributed by atoms with Gasteiger partial charge in [0.2, 0.25) is 0 Å². The van der Waals surface area contributed by atoms with E-state index in [4.69, 9.17) is 15.2 Å². The highest BCUT2D eigenvalue weighted by Gasteiger charge is 2.22. The highest BCUT2D eigenvalue weighted by atomic mass is 19.2. The molecule has 0 amide bonds. The molecule has 19 heavy (non-hydrogen) atoms. The molecule has 4 nitrogen and oxygen atoms in total. The fourth-order valence-corrected chi connectivity index (χ4v) is 1.90. The van der Waals surface area contributed by atoms with Gasteiger partial charge in [-0.15, -0.1) is 0 Å². The Balaban J connectivity index is 1.96.